The molecule has 0 aliphatic carbocycles. The molecule has 10 heteroatoms. The fraction of sp³-hybridized carbons (Fsp3) is 0.214. The SMILES string of the molecule is CCc1[nH]ncc1-c1cc(C(=O)NC(Cc2ccc(F)c(F)c2)CN2C(=O)c3ccccc3C2=O)sc1C. The number of benzene rings is 2. The summed E-state index contributed by atoms with van der Waals surface area (Å²) in [7, 11) is 0. The minimum absolute atomic E-state index is 0.0786. The Morgan fingerprint density at radius 1 is 1.03 bits per heavy atom. The van der Waals surface area contributed by atoms with Crippen LogP contribution < -0.4 is 5.32 Å². The lowest BCUT2D eigenvalue weighted by atomic mass is 10.0. The van der Waals surface area contributed by atoms with E-state index in [1.807, 2.05) is 13.8 Å². The molecule has 2 N–H and O–H groups in total. The number of carbonyl (C=O) groups excluding carboxylic acids is 3. The topological polar surface area (TPSA) is 95.2 Å². The smallest absolute Gasteiger partial charge is 0.261 e. The second kappa shape index (κ2) is 10.3. The number of rotatable bonds is 8. The molecule has 5 rings (SSSR count). The quantitative estimate of drug-likeness (QED) is 0.314. The maximum Gasteiger partial charge on any atom is 0.261 e. The van der Waals surface area contributed by atoms with Gasteiger partial charge in [0.25, 0.3) is 17.7 Å². The molecule has 0 saturated heterocycles. The van der Waals surface area contributed by atoms with Crippen LogP contribution in [-0.4, -0.2) is 45.4 Å². The second-order valence-electron chi connectivity index (χ2n) is 9.09. The first-order chi connectivity index (χ1) is 18.3. The first kappa shape index (κ1) is 25.5. The molecule has 2 aromatic heterocycles. The number of H-pyrrole nitrogens is 1. The summed E-state index contributed by atoms with van der Waals surface area (Å²) in [5, 5.41) is 10.00. The largest absolute Gasteiger partial charge is 0.346 e. The average molecular weight is 535 g/mol. The van der Waals surface area contributed by atoms with Crippen LogP contribution in [0, 0.1) is 18.6 Å². The van der Waals surface area contributed by atoms with E-state index in [9.17, 15) is 23.2 Å². The molecule has 1 aliphatic rings. The van der Waals surface area contributed by atoms with Crippen molar-refractivity contribution in [1.82, 2.24) is 20.4 Å². The van der Waals surface area contributed by atoms with E-state index in [-0.39, 0.29) is 13.0 Å². The van der Waals surface area contributed by atoms with Crippen LogP contribution in [0.4, 0.5) is 8.78 Å². The van der Waals surface area contributed by atoms with E-state index in [0.29, 0.717) is 21.6 Å². The molecule has 4 aromatic rings. The van der Waals surface area contributed by atoms with Gasteiger partial charge in [0.1, 0.15) is 0 Å². The number of imide groups is 1. The van der Waals surface area contributed by atoms with E-state index in [1.54, 1.807) is 36.5 Å². The Kier molecular flexibility index (Phi) is 6.90. The molecule has 194 valence electrons. The van der Waals surface area contributed by atoms with Crippen molar-refractivity contribution >= 4 is 29.1 Å². The van der Waals surface area contributed by atoms with Crippen molar-refractivity contribution in [2.45, 2.75) is 32.7 Å². The van der Waals surface area contributed by atoms with Gasteiger partial charge in [-0.15, -0.1) is 11.3 Å². The summed E-state index contributed by atoms with van der Waals surface area (Å²) in [4.78, 5) is 41.8. The maximum atomic E-state index is 13.9. The molecule has 0 bridgehead atoms. The van der Waals surface area contributed by atoms with Gasteiger partial charge in [-0.2, -0.15) is 5.10 Å². The minimum Gasteiger partial charge on any atom is -0.346 e. The van der Waals surface area contributed by atoms with Gasteiger partial charge in [0.15, 0.2) is 11.6 Å². The Balaban J connectivity index is 1.41. The van der Waals surface area contributed by atoms with Gasteiger partial charge in [-0.05, 0) is 61.2 Å². The van der Waals surface area contributed by atoms with Crippen LogP contribution in [0.25, 0.3) is 11.1 Å². The van der Waals surface area contributed by atoms with Crippen molar-refractivity contribution in [3.63, 3.8) is 0 Å². The zero-order valence-corrected chi connectivity index (χ0v) is 21.5. The number of nitrogens with zero attached hydrogens (tertiary/aromatic N) is 2. The molecule has 0 fully saturated rings. The van der Waals surface area contributed by atoms with Crippen LogP contribution in [0.15, 0.2) is 54.7 Å². The van der Waals surface area contributed by atoms with Crippen molar-refractivity contribution in [1.29, 1.82) is 0 Å². The number of aromatic amines is 1. The van der Waals surface area contributed by atoms with Gasteiger partial charge in [-0.3, -0.25) is 24.4 Å². The van der Waals surface area contributed by atoms with Crippen LogP contribution in [0.3, 0.4) is 0 Å². The third kappa shape index (κ3) is 4.74. The highest BCUT2D eigenvalue weighted by atomic mass is 32.1. The van der Waals surface area contributed by atoms with Crippen molar-refractivity contribution in [3.8, 4) is 11.1 Å². The fourth-order valence-corrected chi connectivity index (χ4v) is 5.61. The summed E-state index contributed by atoms with van der Waals surface area (Å²) in [6, 6.07) is 11.0. The molecule has 3 heterocycles. The molecule has 0 radical (unpaired) electrons. The van der Waals surface area contributed by atoms with Crippen LogP contribution in [0.2, 0.25) is 0 Å². The zero-order chi connectivity index (χ0) is 27.0. The van der Waals surface area contributed by atoms with Crippen molar-refractivity contribution in [2.24, 2.45) is 0 Å². The van der Waals surface area contributed by atoms with E-state index in [1.165, 1.54) is 17.4 Å². The third-order valence-electron chi connectivity index (χ3n) is 6.59. The zero-order valence-electron chi connectivity index (χ0n) is 20.7. The first-order valence-electron chi connectivity index (χ1n) is 12.1. The number of hydrogen-bond acceptors (Lipinski definition) is 5. The Morgan fingerprint density at radius 3 is 2.39 bits per heavy atom. The van der Waals surface area contributed by atoms with Gasteiger partial charge in [0.05, 0.1) is 28.2 Å². The van der Waals surface area contributed by atoms with Gasteiger partial charge in [0, 0.05) is 22.7 Å². The average Bonchev–Trinajstić information content (AvgIpc) is 3.59. The summed E-state index contributed by atoms with van der Waals surface area (Å²) in [6.07, 6.45) is 2.56. The molecule has 2 aromatic carbocycles. The predicted octanol–water partition coefficient (Wildman–Crippen LogP) is 4.92. The lowest BCUT2D eigenvalue weighted by Crippen LogP contribution is -2.46. The molecular formula is C28H24F2N4O3S. The van der Waals surface area contributed by atoms with Gasteiger partial charge in [-0.1, -0.05) is 25.1 Å². The van der Waals surface area contributed by atoms with E-state index in [4.69, 9.17) is 0 Å². The van der Waals surface area contributed by atoms with Gasteiger partial charge >= 0.3 is 0 Å². The van der Waals surface area contributed by atoms with Crippen molar-refractivity contribution in [3.05, 3.63) is 98.5 Å². The third-order valence-corrected chi connectivity index (χ3v) is 7.64. The molecule has 3 amide bonds. The first-order valence-corrected chi connectivity index (χ1v) is 12.9. The number of carbonyl (C=O) groups is 3. The van der Waals surface area contributed by atoms with Crippen molar-refractivity contribution < 1.29 is 23.2 Å². The number of nitrogens with one attached hydrogen (secondary N) is 2. The highest BCUT2D eigenvalue weighted by Crippen LogP contribution is 2.33. The number of aromatic nitrogens is 2. The van der Waals surface area contributed by atoms with Gasteiger partial charge in [0.2, 0.25) is 0 Å². The van der Waals surface area contributed by atoms with Crippen LogP contribution in [0.5, 0.6) is 0 Å². The number of hydrogen-bond donors (Lipinski definition) is 2. The molecule has 1 aliphatic heterocycles. The summed E-state index contributed by atoms with van der Waals surface area (Å²) < 4.78 is 27.4. The Bertz CT molecular complexity index is 1530. The Hall–Kier alpha value is -4.18. The second-order valence-corrected chi connectivity index (χ2v) is 10.3. The predicted molar refractivity (Wildman–Crippen MR) is 139 cm³/mol. The van der Waals surface area contributed by atoms with Crippen LogP contribution in [-0.2, 0) is 12.8 Å². The highest BCUT2D eigenvalue weighted by Gasteiger charge is 2.37. The molecule has 7 nitrogen and oxygen atoms in total. The number of thiophene rings is 1. The number of fused-ring (bicyclic) bond motifs is 1. The van der Waals surface area contributed by atoms with Gasteiger partial charge in [-0.25, -0.2) is 8.78 Å². The van der Waals surface area contributed by atoms with E-state index < -0.39 is 35.4 Å². The lowest BCUT2D eigenvalue weighted by molar-refractivity contribution is 0.0629. The van der Waals surface area contributed by atoms with Crippen LogP contribution in [0.1, 0.15) is 53.4 Å². The van der Waals surface area contributed by atoms with Crippen LogP contribution >= 0.6 is 11.3 Å². The number of halogens is 2. The molecule has 38 heavy (non-hydrogen) atoms. The molecule has 0 spiro atoms. The number of amides is 3. The normalized spacial score (nSPS) is 13.6. The fourth-order valence-electron chi connectivity index (χ4n) is 4.67. The summed E-state index contributed by atoms with van der Waals surface area (Å²) in [5.41, 5.74) is 3.77. The summed E-state index contributed by atoms with van der Waals surface area (Å²) >= 11 is 1.32. The maximum absolute atomic E-state index is 13.9. The Labute approximate surface area is 221 Å². The highest BCUT2D eigenvalue weighted by molar-refractivity contribution is 7.14. The molecule has 0 saturated carbocycles. The summed E-state index contributed by atoms with van der Waals surface area (Å²) in [5.74, 6) is -3.32. The number of aryl methyl sites for hydroxylation is 2. The summed E-state index contributed by atoms with van der Waals surface area (Å²) in [6.45, 7) is 3.80. The molecule has 1 unspecified atom stereocenters. The van der Waals surface area contributed by atoms with E-state index in [0.717, 1.165) is 45.2 Å². The monoisotopic (exact) mass is 534 g/mol. The van der Waals surface area contributed by atoms with E-state index in [2.05, 4.69) is 15.5 Å². The van der Waals surface area contributed by atoms with Crippen molar-refractivity contribution in [2.75, 3.05) is 6.54 Å². The molecular weight excluding hydrogens is 510 g/mol. The standard InChI is InChI=1S/C28H24F2N4O3S/c1-3-24-21(13-31-33-24)20-12-25(38-15(20)2)26(35)32-17(10-16-8-9-22(29)23(30)11-16)14-34-27(36)18-6-4-5-7-19(18)28(34)37/h4-9,11-13,17H,3,10,14H2,1-2H3,(H,31,33)(H,32,35). The minimum atomic E-state index is -1.02. The molecule has 1 atom stereocenters. The van der Waals surface area contributed by atoms with E-state index >= 15 is 0 Å². The Morgan fingerprint density at radius 2 is 1.74 bits per heavy atom. The lowest BCUT2D eigenvalue weighted by Gasteiger charge is -2.24. The van der Waals surface area contributed by atoms with Gasteiger partial charge < -0.3 is 5.32 Å².